The summed E-state index contributed by atoms with van der Waals surface area (Å²) in [7, 11) is 0. The van der Waals surface area contributed by atoms with Crippen LogP contribution in [-0.2, 0) is 16.1 Å². The van der Waals surface area contributed by atoms with E-state index in [-0.39, 0.29) is 12.1 Å². The first-order chi connectivity index (χ1) is 11.6. The molecule has 5 nitrogen and oxygen atoms in total. The van der Waals surface area contributed by atoms with Crippen molar-refractivity contribution in [2.75, 3.05) is 0 Å². The molecule has 5 heteroatoms. The maximum Gasteiger partial charge on any atom is 0.326 e. The molecule has 0 saturated heterocycles. The van der Waals surface area contributed by atoms with E-state index in [1.807, 2.05) is 40.7 Å². The van der Waals surface area contributed by atoms with Gasteiger partial charge in [0.05, 0.1) is 0 Å². The zero-order valence-electron chi connectivity index (χ0n) is 15.8. The molecule has 25 heavy (non-hydrogen) atoms. The Morgan fingerprint density at radius 2 is 2.00 bits per heavy atom. The van der Waals surface area contributed by atoms with Gasteiger partial charge in [0.15, 0.2) is 0 Å². The van der Waals surface area contributed by atoms with E-state index in [0.717, 1.165) is 11.1 Å². The van der Waals surface area contributed by atoms with Gasteiger partial charge in [-0.15, -0.1) is 0 Å². The Bertz CT molecular complexity index is 767. The van der Waals surface area contributed by atoms with Crippen LogP contribution in [0.2, 0.25) is 0 Å². The molecule has 0 aliphatic heterocycles. The zero-order chi connectivity index (χ0) is 19.2. The second-order valence-electron chi connectivity index (χ2n) is 6.73. The third-order valence-corrected chi connectivity index (χ3v) is 3.95. The highest BCUT2D eigenvalue weighted by molar-refractivity contribution is 5.70. The Morgan fingerprint density at radius 1 is 1.36 bits per heavy atom. The summed E-state index contributed by atoms with van der Waals surface area (Å²) in [6.45, 7) is 13.0. The number of hydrogen-bond donors (Lipinski definition) is 1. The van der Waals surface area contributed by atoms with Gasteiger partial charge in [-0.05, 0) is 57.4 Å². The van der Waals surface area contributed by atoms with Gasteiger partial charge < -0.3 is 15.0 Å². The SMILES string of the molecule is C=C(C)/C=C\C(N)=C(/C)c1ccn(CC(=O)OC(C)(C)CC)c(=O)c1. The van der Waals surface area contributed by atoms with Crippen LogP contribution >= 0.6 is 0 Å². The van der Waals surface area contributed by atoms with E-state index in [0.29, 0.717) is 17.7 Å². The van der Waals surface area contributed by atoms with Gasteiger partial charge >= 0.3 is 5.97 Å². The molecule has 0 bridgehead atoms. The number of rotatable bonds is 7. The van der Waals surface area contributed by atoms with Crippen molar-refractivity contribution in [1.29, 1.82) is 0 Å². The van der Waals surface area contributed by atoms with Crippen molar-refractivity contribution in [3.8, 4) is 0 Å². The maximum absolute atomic E-state index is 12.3. The van der Waals surface area contributed by atoms with Crippen molar-refractivity contribution in [2.24, 2.45) is 5.73 Å². The lowest BCUT2D eigenvalue weighted by atomic mass is 10.1. The van der Waals surface area contributed by atoms with Gasteiger partial charge in [-0.2, -0.15) is 0 Å². The van der Waals surface area contributed by atoms with E-state index in [2.05, 4.69) is 6.58 Å². The molecule has 0 atom stereocenters. The number of carbonyl (C=O) groups is 1. The second kappa shape index (κ2) is 8.51. The molecule has 0 fully saturated rings. The minimum atomic E-state index is -0.538. The molecule has 0 amide bonds. The number of allylic oxidation sites excluding steroid dienone is 4. The van der Waals surface area contributed by atoms with Gasteiger partial charge in [0, 0.05) is 18.0 Å². The normalized spacial score (nSPS) is 12.8. The number of hydrogen-bond acceptors (Lipinski definition) is 4. The molecule has 0 aromatic carbocycles. The van der Waals surface area contributed by atoms with Crippen LogP contribution in [0.5, 0.6) is 0 Å². The van der Waals surface area contributed by atoms with Crippen LogP contribution in [0.3, 0.4) is 0 Å². The van der Waals surface area contributed by atoms with Crippen molar-refractivity contribution in [2.45, 2.75) is 53.2 Å². The van der Waals surface area contributed by atoms with Crippen LogP contribution in [0.25, 0.3) is 5.57 Å². The van der Waals surface area contributed by atoms with Gasteiger partial charge in [0.25, 0.3) is 5.56 Å². The van der Waals surface area contributed by atoms with Gasteiger partial charge in [-0.3, -0.25) is 9.59 Å². The van der Waals surface area contributed by atoms with Crippen LogP contribution in [0, 0.1) is 0 Å². The lowest BCUT2D eigenvalue weighted by Gasteiger charge is -2.23. The Labute approximate surface area is 149 Å². The van der Waals surface area contributed by atoms with E-state index in [1.165, 1.54) is 10.6 Å². The van der Waals surface area contributed by atoms with Crippen LogP contribution in [-0.4, -0.2) is 16.1 Å². The fraction of sp³-hybridized carbons (Fsp3) is 0.400. The quantitative estimate of drug-likeness (QED) is 0.608. The summed E-state index contributed by atoms with van der Waals surface area (Å²) in [5, 5.41) is 0. The van der Waals surface area contributed by atoms with Gasteiger partial charge in [0.2, 0.25) is 0 Å². The highest BCUT2D eigenvalue weighted by atomic mass is 16.6. The fourth-order valence-corrected chi connectivity index (χ4v) is 1.95. The lowest BCUT2D eigenvalue weighted by molar-refractivity contribution is -0.157. The summed E-state index contributed by atoms with van der Waals surface area (Å²) in [5.74, 6) is -0.433. The number of pyridine rings is 1. The first-order valence-electron chi connectivity index (χ1n) is 8.28. The third-order valence-electron chi connectivity index (χ3n) is 3.95. The van der Waals surface area contributed by atoms with Crippen LogP contribution < -0.4 is 11.3 Å². The standard InChI is InChI=1S/C20H28N2O3/c1-7-20(5,6)25-19(24)13-22-11-10-16(12-18(22)23)15(4)17(21)9-8-14(2)3/h8-12H,2,7,13,21H2,1,3-6H3/b9-8-,17-15-. The van der Waals surface area contributed by atoms with Gasteiger partial charge in [0.1, 0.15) is 12.1 Å². The van der Waals surface area contributed by atoms with Crippen LogP contribution in [0.15, 0.2) is 53.1 Å². The summed E-state index contributed by atoms with van der Waals surface area (Å²) >= 11 is 0. The molecule has 0 spiro atoms. The first-order valence-corrected chi connectivity index (χ1v) is 8.28. The summed E-state index contributed by atoms with van der Waals surface area (Å²) in [6.07, 6.45) is 5.85. The summed E-state index contributed by atoms with van der Waals surface area (Å²) in [5.41, 5.74) is 8.16. The average molecular weight is 344 g/mol. The van der Waals surface area contributed by atoms with Gasteiger partial charge in [-0.1, -0.05) is 25.2 Å². The molecular formula is C20H28N2O3. The van der Waals surface area contributed by atoms with Crippen molar-refractivity contribution in [3.63, 3.8) is 0 Å². The van der Waals surface area contributed by atoms with Crippen molar-refractivity contribution in [1.82, 2.24) is 4.57 Å². The molecule has 0 aliphatic rings. The predicted octanol–water partition coefficient (Wildman–Crippen LogP) is 3.40. The lowest BCUT2D eigenvalue weighted by Crippen LogP contribution is -2.31. The molecule has 1 heterocycles. The van der Waals surface area contributed by atoms with E-state index in [4.69, 9.17) is 10.5 Å². The van der Waals surface area contributed by atoms with E-state index < -0.39 is 11.6 Å². The van der Waals surface area contributed by atoms with E-state index in [9.17, 15) is 9.59 Å². The minimum absolute atomic E-state index is 0.115. The molecule has 136 valence electrons. The summed E-state index contributed by atoms with van der Waals surface area (Å²) in [4.78, 5) is 24.3. The number of ether oxygens (including phenoxy) is 1. The molecule has 1 aromatic rings. The molecule has 2 N–H and O–H groups in total. The average Bonchev–Trinajstić information content (AvgIpc) is 2.53. The smallest absolute Gasteiger partial charge is 0.326 e. The van der Waals surface area contributed by atoms with Crippen molar-refractivity contribution in [3.05, 3.63) is 64.2 Å². The largest absolute Gasteiger partial charge is 0.458 e. The van der Waals surface area contributed by atoms with E-state index in [1.54, 1.807) is 18.3 Å². The number of aromatic nitrogens is 1. The minimum Gasteiger partial charge on any atom is -0.458 e. The third kappa shape index (κ3) is 6.45. The highest BCUT2D eigenvalue weighted by Crippen LogP contribution is 2.16. The molecule has 0 saturated carbocycles. The molecular weight excluding hydrogens is 316 g/mol. The Balaban J connectivity index is 2.98. The number of nitrogens with two attached hydrogens (primary N) is 1. The fourth-order valence-electron chi connectivity index (χ4n) is 1.95. The predicted molar refractivity (Wildman–Crippen MR) is 102 cm³/mol. The first kappa shape index (κ1) is 20.5. The number of esters is 1. The number of nitrogens with zero attached hydrogens (tertiary/aromatic N) is 1. The molecule has 1 aromatic heterocycles. The van der Waals surface area contributed by atoms with Crippen molar-refractivity contribution >= 4 is 11.5 Å². The second-order valence-corrected chi connectivity index (χ2v) is 6.73. The Hall–Kier alpha value is -2.56. The maximum atomic E-state index is 12.3. The molecule has 1 rings (SSSR count). The van der Waals surface area contributed by atoms with Crippen LogP contribution in [0.1, 0.15) is 46.6 Å². The van der Waals surface area contributed by atoms with Gasteiger partial charge in [-0.25, -0.2) is 0 Å². The van der Waals surface area contributed by atoms with Crippen LogP contribution in [0.4, 0.5) is 0 Å². The molecule has 0 unspecified atom stereocenters. The molecule has 0 radical (unpaired) electrons. The summed E-state index contributed by atoms with van der Waals surface area (Å²) < 4.78 is 6.70. The Morgan fingerprint density at radius 3 is 2.52 bits per heavy atom. The van der Waals surface area contributed by atoms with E-state index >= 15 is 0 Å². The monoisotopic (exact) mass is 344 g/mol. The topological polar surface area (TPSA) is 74.3 Å². The highest BCUT2D eigenvalue weighted by Gasteiger charge is 2.20. The summed E-state index contributed by atoms with van der Waals surface area (Å²) in [6, 6.07) is 3.23. The Kier molecular flexibility index (Phi) is 6.97. The number of carbonyl (C=O) groups excluding carboxylic acids is 1. The van der Waals surface area contributed by atoms with Crippen molar-refractivity contribution < 1.29 is 9.53 Å². The zero-order valence-corrected chi connectivity index (χ0v) is 15.8. The molecule has 0 aliphatic carbocycles.